The maximum Gasteiger partial charge on any atom is 0.416 e. The summed E-state index contributed by atoms with van der Waals surface area (Å²) in [7, 11) is 2.67. The number of halogens is 3. The van der Waals surface area contributed by atoms with Crippen molar-refractivity contribution in [2.75, 3.05) is 20.8 Å². The van der Waals surface area contributed by atoms with E-state index in [2.05, 4.69) is 0 Å². The number of hydrogen-bond donors (Lipinski definition) is 0. The first-order chi connectivity index (χ1) is 18.9. The summed E-state index contributed by atoms with van der Waals surface area (Å²) in [4.78, 5) is 48.6. The van der Waals surface area contributed by atoms with Crippen LogP contribution in [0.25, 0.3) is 0 Å². The van der Waals surface area contributed by atoms with Gasteiger partial charge in [-0.3, -0.25) is 14.4 Å². The summed E-state index contributed by atoms with van der Waals surface area (Å²) in [6, 6.07) is 2.28. The van der Waals surface area contributed by atoms with Gasteiger partial charge in [-0.1, -0.05) is 38.5 Å². The minimum absolute atomic E-state index is 0.0528. The molecule has 0 heterocycles. The fourth-order valence-electron chi connectivity index (χ4n) is 4.31. The van der Waals surface area contributed by atoms with E-state index < -0.39 is 29.4 Å². The Hall–Kier alpha value is -3.63. The van der Waals surface area contributed by atoms with Crippen molar-refractivity contribution in [1.29, 1.82) is 0 Å². The van der Waals surface area contributed by atoms with Crippen LogP contribution in [0.2, 0.25) is 0 Å². The van der Waals surface area contributed by atoms with Crippen LogP contribution in [0.5, 0.6) is 5.75 Å². The molecule has 1 aliphatic carbocycles. The van der Waals surface area contributed by atoms with Crippen LogP contribution in [0.3, 0.4) is 0 Å². The number of esters is 2. The second kappa shape index (κ2) is 15.2. The minimum atomic E-state index is -4.65. The summed E-state index contributed by atoms with van der Waals surface area (Å²) in [5.41, 5.74) is -0.428. The molecule has 0 atom stereocenters. The maximum absolute atomic E-state index is 13.0. The van der Waals surface area contributed by atoms with E-state index in [0.717, 1.165) is 64.0 Å². The van der Waals surface area contributed by atoms with Gasteiger partial charge in [-0.15, -0.1) is 0 Å². The lowest BCUT2D eigenvalue weighted by Gasteiger charge is -2.20. The molecule has 11 heteroatoms. The quantitative estimate of drug-likeness (QED) is 0.106. The normalized spacial score (nSPS) is 14.0. The highest BCUT2D eigenvalue weighted by atomic mass is 19.4. The van der Waals surface area contributed by atoms with E-state index in [4.69, 9.17) is 18.9 Å². The molecule has 0 bridgehead atoms. The fraction of sp³-hybridized carbons (Fsp3) is 0.517. The number of unbranched alkanes of at least 4 members (excludes halogenated alkanes) is 7. The predicted octanol–water partition coefficient (Wildman–Crippen LogP) is 6.27. The van der Waals surface area contributed by atoms with Gasteiger partial charge in [0.2, 0.25) is 23.1 Å². The van der Waals surface area contributed by atoms with Crippen LogP contribution in [0.15, 0.2) is 40.9 Å². The van der Waals surface area contributed by atoms with Crippen molar-refractivity contribution in [2.24, 2.45) is 0 Å². The van der Waals surface area contributed by atoms with Crippen LogP contribution in [-0.2, 0) is 34.8 Å². The van der Waals surface area contributed by atoms with E-state index in [-0.39, 0.29) is 35.3 Å². The summed E-state index contributed by atoms with van der Waals surface area (Å²) < 4.78 is 58.9. The van der Waals surface area contributed by atoms with E-state index in [1.165, 1.54) is 14.2 Å². The van der Waals surface area contributed by atoms with Crippen molar-refractivity contribution in [2.45, 2.75) is 77.8 Å². The molecule has 1 aliphatic rings. The number of alkyl halides is 3. The van der Waals surface area contributed by atoms with Crippen molar-refractivity contribution in [3.63, 3.8) is 0 Å². The Morgan fingerprint density at radius 1 is 0.825 bits per heavy atom. The minimum Gasteiger partial charge on any atom is -0.489 e. The summed E-state index contributed by atoms with van der Waals surface area (Å²) in [5, 5.41) is 0. The molecule has 0 saturated heterocycles. The maximum atomic E-state index is 13.0. The van der Waals surface area contributed by atoms with Gasteiger partial charge < -0.3 is 18.9 Å². The summed E-state index contributed by atoms with van der Waals surface area (Å²) in [5.74, 6) is -2.95. The van der Waals surface area contributed by atoms with Crippen LogP contribution in [0.1, 0.15) is 87.6 Å². The average molecular weight is 569 g/mol. The molecule has 0 fully saturated rings. The number of allylic oxidation sites excluding steroid dienone is 2. The highest BCUT2D eigenvalue weighted by Crippen LogP contribution is 2.34. The fourth-order valence-corrected chi connectivity index (χ4v) is 4.31. The summed E-state index contributed by atoms with van der Waals surface area (Å²) in [6.45, 7) is 2.74. The van der Waals surface area contributed by atoms with E-state index in [9.17, 15) is 32.3 Å². The van der Waals surface area contributed by atoms with Crippen molar-refractivity contribution >= 4 is 23.5 Å². The van der Waals surface area contributed by atoms with Crippen molar-refractivity contribution in [3.8, 4) is 5.75 Å². The molecule has 0 saturated carbocycles. The highest BCUT2D eigenvalue weighted by molar-refractivity contribution is 6.23. The number of carbonyl (C=O) groups is 4. The second-order valence-corrected chi connectivity index (χ2v) is 9.34. The third-order valence-corrected chi connectivity index (χ3v) is 6.43. The molecule has 40 heavy (non-hydrogen) atoms. The number of Topliss-reactive ketones (excluding diaryl/α,β-unsaturated/α-hetero) is 2. The molecule has 0 amide bonds. The summed E-state index contributed by atoms with van der Waals surface area (Å²) in [6.07, 6.45) is 2.72. The van der Waals surface area contributed by atoms with E-state index in [1.54, 1.807) is 6.92 Å². The number of benzene rings is 1. The average Bonchev–Trinajstić information content (AvgIpc) is 2.89. The molecule has 0 unspecified atom stereocenters. The van der Waals surface area contributed by atoms with Gasteiger partial charge in [0.15, 0.2) is 0 Å². The molecule has 0 spiro atoms. The molecule has 0 N–H and O–H groups in total. The van der Waals surface area contributed by atoms with E-state index >= 15 is 0 Å². The Morgan fingerprint density at radius 2 is 1.38 bits per heavy atom. The predicted molar refractivity (Wildman–Crippen MR) is 138 cm³/mol. The molecule has 2 rings (SSSR count). The number of methoxy groups -OCH3 is 2. The van der Waals surface area contributed by atoms with Gasteiger partial charge >= 0.3 is 18.1 Å². The zero-order valence-corrected chi connectivity index (χ0v) is 23.2. The molecule has 0 radical (unpaired) electrons. The Labute approximate surface area is 231 Å². The molecular weight excluding hydrogens is 533 g/mol. The molecular formula is C29H35F3O8. The van der Waals surface area contributed by atoms with Gasteiger partial charge in [0.05, 0.1) is 26.4 Å². The van der Waals surface area contributed by atoms with Gasteiger partial charge in [0.1, 0.15) is 11.3 Å². The smallest absolute Gasteiger partial charge is 0.416 e. The van der Waals surface area contributed by atoms with Crippen molar-refractivity contribution in [3.05, 3.63) is 52.0 Å². The largest absolute Gasteiger partial charge is 0.489 e. The number of ketones is 2. The van der Waals surface area contributed by atoms with E-state index in [1.807, 2.05) is 0 Å². The van der Waals surface area contributed by atoms with Gasteiger partial charge in [0.25, 0.3) is 0 Å². The molecule has 220 valence electrons. The first kappa shape index (κ1) is 32.6. The van der Waals surface area contributed by atoms with Crippen LogP contribution >= 0.6 is 0 Å². The van der Waals surface area contributed by atoms with Crippen molar-refractivity contribution in [1.82, 2.24) is 0 Å². The molecule has 8 nitrogen and oxygen atoms in total. The zero-order valence-electron chi connectivity index (χ0n) is 23.2. The van der Waals surface area contributed by atoms with Gasteiger partial charge in [-0.2, -0.15) is 13.2 Å². The third kappa shape index (κ3) is 8.96. The molecule has 1 aromatic carbocycles. The number of rotatable bonds is 15. The first-order valence-electron chi connectivity index (χ1n) is 13.1. The number of hydrogen-bond acceptors (Lipinski definition) is 8. The van der Waals surface area contributed by atoms with Crippen LogP contribution in [0.4, 0.5) is 13.2 Å². The number of ether oxygens (including phenoxy) is 4. The molecule has 0 aliphatic heterocycles. The Balaban J connectivity index is 1.66. The number of carbonyl (C=O) groups excluding carboxylic acids is 4. The Bertz CT molecular complexity index is 1160. The SMILES string of the molecule is COC1=C(OC)C(=O)C(CCCCCCCCCCOC(=O)c2ccc(C(F)(F)F)cc2OC(C)=O)=C(C)C1=O. The van der Waals surface area contributed by atoms with Gasteiger partial charge in [0, 0.05) is 18.1 Å². The summed E-state index contributed by atoms with van der Waals surface area (Å²) >= 11 is 0. The van der Waals surface area contributed by atoms with Crippen LogP contribution in [-0.4, -0.2) is 44.3 Å². The molecule has 0 aromatic heterocycles. The lowest BCUT2D eigenvalue weighted by Crippen LogP contribution is -2.25. The standard InChI is InChI=1S/C29H35F3O8/c1-18-21(25(35)27(38-4)26(37-3)24(18)34)13-11-9-7-5-6-8-10-12-16-39-28(36)22-15-14-20(29(30,31)32)17-23(22)40-19(2)33/h14-15,17H,5-13,16H2,1-4H3. The molecule has 1 aromatic rings. The lowest BCUT2D eigenvalue weighted by atomic mass is 9.89. The third-order valence-electron chi connectivity index (χ3n) is 6.43. The lowest BCUT2D eigenvalue weighted by molar-refractivity contribution is -0.138. The Morgan fingerprint density at radius 3 is 1.93 bits per heavy atom. The topological polar surface area (TPSA) is 105 Å². The second-order valence-electron chi connectivity index (χ2n) is 9.34. The monoisotopic (exact) mass is 568 g/mol. The Kier molecular flexibility index (Phi) is 12.4. The highest BCUT2D eigenvalue weighted by Gasteiger charge is 2.34. The zero-order chi connectivity index (χ0) is 29.9. The van der Waals surface area contributed by atoms with Crippen molar-refractivity contribution < 1.29 is 51.3 Å². The van der Waals surface area contributed by atoms with E-state index in [0.29, 0.717) is 30.1 Å². The van der Waals surface area contributed by atoms with Crippen LogP contribution < -0.4 is 4.74 Å². The van der Waals surface area contributed by atoms with Crippen LogP contribution in [0, 0.1) is 0 Å². The first-order valence-corrected chi connectivity index (χ1v) is 13.1. The van der Waals surface area contributed by atoms with Gasteiger partial charge in [-0.25, -0.2) is 4.79 Å². The van der Waals surface area contributed by atoms with Gasteiger partial charge in [-0.05, 0) is 44.4 Å².